The molecule has 0 saturated carbocycles. The molecule has 2 aliphatic heterocycles. The Morgan fingerprint density at radius 3 is 2.65 bits per heavy atom. The highest BCUT2D eigenvalue weighted by Crippen LogP contribution is 2.52. The molecule has 158 valence electrons. The van der Waals surface area contributed by atoms with Gasteiger partial charge >= 0.3 is 0 Å². The number of phenols is 1. The fraction of sp³-hybridized carbons (Fsp3) is 0.269. The SMILES string of the molecule is CC(=O)Nc1ccccc1-c1ccc2c(c1)Oc1c(O)cccc1C2C1CCNCC1. The number of carbonyl (C=O) groups excluding carboxylic acids is 1. The van der Waals surface area contributed by atoms with Gasteiger partial charge in [0.25, 0.3) is 0 Å². The maximum absolute atomic E-state index is 11.7. The van der Waals surface area contributed by atoms with Crippen LogP contribution < -0.4 is 15.4 Å². The zero-order valence-corrected chi connectivity index (χ0v) is 17.5. The van der Waals surface area contributed by atoms with E-state index in [4.69, 9.17) is 4.74 Å². The van der Waals surface area contributed by atoms with Crippen molar-refractivity contribution in [2.24, 2.45) is 5.92 Å². The third-order valence-electron chi connectivity index (χ3n) is 6.32. The van der Waals surface area contributed by atoms with Crippen molar-refractivity contribution in [1.29, 1.82) is 0 Å². The van der Waals surface area contributed by atoms with Crippen LogP contribution in [-0.2, 0) is 4.79 Å². The Hall–Kier alpha value is -3.31. The summed E-state index contributed by atoms with van der Waals surface area (Å²) < 4.78 is 6.26. The average Bonchev–Trinajstić information content (AvgIpc) is 2.78. The molecule has 3 N–H and O–H groups in total. The second kappa shape index (κ2) is 8.08. The fourth-order valence-electron chi connectivity index (χ4n) is 4.94. The summed E-state index contributed by atoms with van der Waals surface area (Å²) in [6.45, 7) is 3.53. The van der Waals surface area contributed by atoms with E-state index < -0.39 is 0 Å². The van der Waals surface area contributed by atoms with Gasteiger partial charge in [0.15, 0.2) is 11.5 Å². The smallest absolute Gasteiger partial charge is 0.221 e. The molecule has 1 saturated heterocycles. The van der Waals surface area contributed by atoms with Gasteiger partial charge in [-0.25, -0.2) is 0 Å². The van der Waals surface area contributed by atoms with Gasteiger partial charge in [0.1, 0.15) is 5.75 Å². The summed E-state index contributed by atoms with van der Waals surface area (Å²) in [7, 11) is 0. The average molecular weight is 415 g/mol. The number of rotatable bonds is 3. The summed E-state index contributed by atoms with van der Waals surface area (Å²) >= 11 is 0. The van der Waals surface area contributed by atoms with Gasteiger partial charge in [-0.1, -0.05) is 42.5 Å². The van der Waals surface area contributed by atoms with Crippen molar-refractivity contribution in [3.8, 4) is 28.4 Å². The van der Waals surface area contributed by atoms with Gasteiger partial charge in [-0.3, -0.25) is 4.79 Å². The molecule has 31 heavy (non-hydrogen) atoms. The molecule has 1 amide bonds. The van der Waals surface area contributed by atoms with E-state index in [0.717, 1.165) is 59.6 Å². The molecule has 0 spiro atoms. The maximum Gasteiger partial charge on any atom is 0.221 e. The predicted molar refractivity (Wildman–Crippen MR) is 122 cm³/mol. The maximum atomic E-state index is 11.7. The molecular weight excluding hydrogens is 388 g/mol. The molecular formula is C26H26N2O3. The van der Waals surface area contributed by atoms with Crippen molar-refractivity contribution >= 4 is 11.6 Å². The van der Waals surface area contributed by atoms with Gasteiger partial charge in [0.2, 0.25) is 5.91 Å². The van der Waals surface area contributed by atoms with Gasteiger partial charge in [-0.15, -0.1) is 0 Å². The largest absolute Gasteiger partial charge is 0.504 e. The number of amides is 1. The molecule has 5 nitrogen and oxygen atoms in total. The van der Waals surface area contributed by atoms with E-state index in [1.165, 1.54) is 6.92 Å². The first-order valence-corrected chi connectivity index (χ1v) is 10.8. The molecule has 1 unspecified atom stereocenters. The molecule has 0 aromatic heterocycles. The molecule has 0 aliphatic carbocycles. The third-order valence-corrected chi connectivity index (χ3v) is 6.32. The standard InChI is InChI=1S/C26H26N2O3/c1-16(29)28-22-7-3-2-5-19(22)18-9-10-20-24(15-18)31-26-21(6-4-8-23(26)30)25(20)17-11-13-27-14-12-17/h2-10,15,17,25,27,30H,11-14H2,1H3,(H,28,29). The Morgan fingerprint density at radius 2 is 1.84 bits per heavy atom. The lowest BCUT2D eigenvalue weighted by atomic mass is 9.74. The first-order valence-electron chi connectivity index (χ1n) is 10.8. The van der Waals surface area contributed by atoms with E-state index >= 15 is 0 Å². The van der Waals surface area contributed by atoms with Crippen LogP contribution in [0.5, 0.6) is 17.2 Å². The Kier molecular flexibility index (Phi) is 5.12. The van der Waals surface area contributed by atoms with E-state index in [1.807, 2.05) is 36.4 Å². The fourth-order valence-corrected chi connectivity index (χ4v) is 4.94. The first-order chi connectivity index (χ1) is 15.1. The molecule has 1 atom stereocenters. The lowest BCUT2D eigenvalue weighted by molar-refractivity contribution is -0.114. The number of nitrogens with one attached hydrogen (secondary N) is 2. The molecule has 0 bridgehead atoms. The molecule has 2 heterocycles. The van der Waals surface area contributed by atoms with Crippen molar-refractivity contribution in [3.63, 3.8) is 0 Å². The minimum Gasteiger partial charge on any atom is -0.504 e. The van der Waals surface area contributed by atoms with E-state index in [2.05, 4.69) is 28.8 Å². The van der Waals surface area contributed by atoms with Crippen LogP contribution in [0.4, 0.5) is 5.69 Å². The van der Waals surface area contributed by atoms with Crippen LogP contribution >= 0.6 is 0 Å². The molecule has 1 fully saturated rings. The van der Waals surface area contributed by atoms with Crippen LogP contribution in [0.3, 0.4) is 0 Å². The Morgan fingerprint density at radius 1 is 1.03 bits per heavy atom. The van der Waals surface area contributed by atoms with E-state index in [-0.39, 0.29) is 17.6 Å². The number of anilines is 1. The van der Waals surface area contributed by atoms with Crippen LogP contribution in [0.2, 0.25) is 0 Å². The number of carbonyl (C=O) groups is 1. The predicted octanol–water partition coefficient (Wildman–Crippen LogP) is 5.25. The molecule has 3 aromatic rings. The van der Waals surface area contributed by atoms with Crippen LogP contribution in [0.1, 0.15) is 36.8 Å². The second-order valence-electron chi connectivity index (χ2n) is 8.34. The third kappa shape index (κ3) is 3.66. The number of hydrogen-bond acceptors (Lipinski definition) is 4. The van der Waals surface area contributed by atoms with Gasteiger partial charge in [0, 0.05) is 35.2 Å². The van der Waals surface area contributed by atoms with Crippen molar-refractivity contribution in [2.45, 2.75) is 25.7 Å². The van der Waals surface area contributed by atoms with Crippen molar-refractivity contribution in [2.75, 3.05) is 18.4 Å². The van der Waals surface area contributed by atoms with Crippen molar-refractivity contribution < 1.29 is 14.6 Å². The normalized spacial score (nSPS) is 17.9. The van der Waals surface area contributed by atoms with E-state index in [1.54, 1.807) is 6.07 Å². The van der Waals surface area contributed by atoms with Crippen LogP contribution in [0.25, 0.3) is 11.1 Å². The van der Waals surface area contributed by atoms with Crippen LogP contribution in [-0.4, -0.2) is 24.1 Å². The quantitative estimate of drug-likeness (QED) is 0.547. The minimum absolute atomic E-state index is 0.105. The zero-order chi connectivity index (χ0) is 21.4. The number of para-hydroxylation sites is 2. The van der Waals surface area contributed by atoms with Crippen molar-refractivity contribution in [3.05, 3.63) is 71.8 Å². The highest BCUT2D eigenvalue weighted by atomic mass is 16.5. The Balaban J connectivity index is 1.61. The summed E-state index contributed by atoms with van der Waals surface area (Å²) in [5.74, 6) is 2.07. The number of piperidine rings is 1. The van der Waals surface area contributed by atoms with E-state index in [9.17, 15) is 9.90 Å². The van der Waals surface area contributed by atoms with Crippen LogP contribution in [0.15, 0.2) is 60.7 Å². The number of aromatic hydroxyl groups is 1. The summed E-state index contributed by atoms with van der Waals surface area (Å²) in [6.07, 6.45) is 2.18. The molecule has 2 aliphatic rings. The summed E-state index contributed by atoms with van der Waals surface area (Å²) in [5, 5.41) is 16.9. The van der Waals surface area contributed by atoms with Gasteiger partial charge in [-0.05, 0) is 55.6 Å². The molecule has 5 rings (SSSR count). The summed E-state index contributed by atoms with van der Waals surface area (Å²) in [5.41, 5.74) is 4.89. The van der Waals surface area contributed by atoms with Gasteiger partial charge in [-0.2, -0.15) is 0 Å². The van der Waals surface area contributed by atoms with Gasteiger partial charge < -0.3 is 20.5 Å². The topological polar surface area (TPSA) is 70.6 Å². The molecule has 5 heteroatoms. The summed E-state index contributed by atoms with van der Waals surface area (Å²) in [6, 6.07) is 19.7. The highest BCUT2D eigenvalue weighted by Gasteiger charge is 2.35. The number of phenolic OH excluding ortho intramolecular Hbond substituents is 1. The number of ether oxygens (including phenoxy) is 1. The lowest BCUT2D eigenvalue weighted by Crippen LogP contribution is -2.32. The lowest BCUT2D eigenvalue weighted by Gasteiger charge is -2.36. The Labute approximate surface area is 182 Å². The number of fused-ring (bicyclic) bond motifs is 2. The molecule has 3 aromatic carbocycles. The molecule has 0 radical (unpaired) electrons. The van der Waals surface area contributed by atoms with Gasteiger partial charge in [0.05, 0.1) is 0 Å². The Bertz CT molecular complexity index is 1140. The first kappa shape index (κ1) is 19.6. The van der Waals surface area contributed by atoms with Crippen LogP contribution in [0, 0.1) is 5.92 Å². The number of benzene rings is 3. The highest BCUT2D eigenvalue weighted by molar-refractivity contribution is 5.94. The van der Waals surface area contributed by atoms with Crippen molar-refractivity contribution in [1.82, 2.24) is 5.32 Å². The zero-order valence-electron chi connectivity index (χ0n) is 17.5. The minimum atomic E-state index is -0.105. The van der Waals surface area contributed by atoms with E-state index in [0.29, 0.717) is 11.7 Å². The summed E-state index contributed by atoms with van der Waals surface area (Å²) in [4.78, 5) is 11.7. The monoisotopic (exact) mass is 414 g/mol. The number of hydrogen-bond donors (Lipinski definition) is 3. The second-order valence-corrected chi connectivity index (χ2v) is 8.34.